The van der Waals surface area contributed by atoms with Gasteiger partial charge in [-0.1, -0.05) is 37.4 Å². The first-order chi connectivity index (χ1) is 24.7. The molecule has 0 radical (unpaired) electrons. The van der Waals surface area contributed by atoms with Crippen LogP contribution in [-0.4, -0.2) is 115 Å². The Morgan fingerprint density at radius 3 is 2.47 bits per heavy atom. The number of carbonyl (C=O) groups excluding carboxylic acids is 4. The maximum atomic E-state index is 14.3. The number of ether oxygens (including phenoxy) is 3. The maximum absolute atomic E-state index is 14.3. The molecule has 3 atom stereocenters. The van der Waals surface area contributed by atoms with Gasteiger partial charge in [0.25, 0.3) is 12.2 Å². The number of carbonyl (C=O) groups is 4. The number of esters is 1. The molecule has 4 aliphatic rings. The lowest BCUT2D eigenvalue weighted by molar-refractivity contribution is -0.184. The first-order valence-electron chi connectivity index (χ1n) is 17.4. The molecule has 0 spiro atoms. The molecule has 3 N–H and O–H groups in total. The Morgan fingerprint density at radius 1 is 1.08 bits per heavy atom. The van der Waals surface area contributed by atoms with Crippen molar-refractivity contribution < 1.29 is 33.4 Å². The number of likely N-dealkylation sites (N-methyl/N-ethyl adjacent to an activating group) is 1. The summed E-state index contributed by atoms with van der Waals surface area (Å²) in [6.07, 6.45) is 6.73. The van der Waals surface area contributed by atoms with Crippen molar-refractivity contribution in [2.45, 2.75) is 106 Å². The van der Waals surface area contributed by atoms with E-state index in [1.54, 1.807) is 10.1 Å². The molecule has 53 heavy (non-hydrogen) atoms. The zero-order valence-electron chi connectivity index (χ0n) is 29.7. The monoisotopic (exact) mass is 835 g/mol. The van der Waals surface area contributed by atoms with Crippen molar-refractivity contribution >= 4 is 88.7 Å². The zero-order valence-corrected chi connectivity index (χ0v) is 33.8. The Morgan fingerprint density at radius 2 is 1.79 bits per heavy atom. The fraction of sp³-hybridized carbons (Fsp3) is 0.688. The van der Waals surface area contributed by atoms with Crippen LogP contribution in [0.2, 0.25) is 0 Å². The Labute approximate surface area is 333 Å². The third kappa shape index (κ3) is 11.1. The lowest BCUT2D eigenvalue weighted by Crippen LogP contribution is -2.70. The average molecular weight is 837 g/mol. The van der Waals surface area contributed by atoms with Crippen molar-refractivity contribution in [3.63, 3.8) is 0 Å². The highest BCUT2D eigenvalue weighted by molar-refractivity contribution is 8.01. The number of hydrogen-bond acceptors (Lipinski definition) is 16. The van der Waals surface area contributed by atoms with E-state index in [1.807, 2.05) is 19.0 Å². The number of nitrogen functional groups attached to an aromatic ring is 1. The van der Waals surface area contributed by atoms with Crippen LogP contribution < -0.4 is 11.1 Å². The summed E-state index contributed by atoms with van der Waals surface area (Å²) in [7, 11) is 3.93. The highest BCUT2D eigenvalue weighted by Gasteiger charge is 2.55. The van der Waals surface area contributed by atoms with Crippen molar-refractivity contribution in [1.29, 1.82) is 0 Å². The van der Waals surface area contributed by atoms with Crippen molar-refractivity contribution in [2.24, 2.45) is 5.92 Å². The summed E-state index contributed by atoms with van der Waals surface area (Å²) in [6.45, 7) is 1.30. The average Bonchev–Trinajstić information content (AvgIpc) is 3.76. The van der Waals surface area contributed by atoms with E-state index in [9.17, 15) is 19.2 Å². The van der Waals surface area contributed by atoms with Gasteiger partial charge in [-0.05, 0) is 68.6 Å². The number of halogens is 2. The normalized spacial score (nSPS) is 21.1. The number of nitrogens with one attached hydrogen (secondary N) is 1. The smallest absolute Gasteiger partial charge is 0.431 e. The third-order valence-corrected chi connectivity index (χ3v) is 12.5. The quantitative estimate of drug-likeness (QED) is 0.120. The molecule has 6 rings (SSSR count). The third-order valence-electron chi connectivity index (χ3n) is 9.39. The zero-order chi connectivity index (χ0) is 35.9. The van der Waals surface area contributed by atoms with E-state index in [1.165, 1.54) is 39.8 Å². The van der Waals surface area contributed by atoms with Gasteiger partial charge in [0.1, 0.15) is 23.2 Å². The minimum absolute atomic E-state index is 0. The van der Waals surface area contributed by atoms with Gasteiger partial charge >= 0.3 is 12.1 Å². The van der Waals surface area contributed by atoms with Gasteiger partial charge in [-0.25, -0.2) is 19.3 Å². The maximum Gasteiger partial charge on any atom is 0.511 e. The molecule has 2 saturated carbocycles. The number of tetrazole rings is 1. The van der Waals surface area contributed by atoms with E-state index in [-0.39, 0.29) is 54.9 Å². The minimum atomic E-state index is -1.17. The molecule has 0 aromatic carbocycles. The number of hydrogen-bond donors (Lipinski definition) is 2. The summed E-state index contributed by atoms with van der Waals surface area (Å²) in [6, 6.07) is -0.843. The highest BCUT2D eigenvalue weighted by Crippen LogP contribution is 2.42. The van der Waals surface area contributed by atoms with Crippen LogP contribution in [0.25, 0.3) is 0 Å². The number of amides is 2. The van der Waals surface area contributed by atoms with Crippen LogP contribution >= 0.6 is 59.7 Å². The molecule has 1 saturated heterocycles. The molecule has 2 aliphatic carbocycles. The lowest BCUT2D eigenvalue weighted by Gasteiger charge is -2.50. The molecular formula is C32H47Cl2N9O7S3. The number of β-lactam (4-membered cyclic amide) rings is 1. The van der Waals surface area contributed by atoms with Gasteiger partial charge in [-0.3, -0.25) is 14.5 Å². The second-order valence-corrected chi connectivity index (χ2v) is 16.4. The summed E-state index contributed by atoms with van der Waals surface area (Å²) in [5, 5.41) is 17.0. The molecule has 294 valence electrons. The van der Waals surface area contributed by atoms with Crippen LogP contribution in [0.4, 0.5) is 9.93 Å². The molecule has 2 aliphatic heterocycles. The summed E-state index contributed by atoms with van der Waals surface area (Å²) < 4.78 is 19.2. The fourth-order valence-corrected chi connectivity index (χ4v) is 9.64. The number of thioether (sulfide) groups is 2. The van der Waals surface area contributed by atoms with Crippen LogP contribution in [-0.2, 0) is 41.6 Å². The minimum Gasteiger partial charge on any atom is -0.431 e. The molecule has 21 heteroatoms. The second kappa shape index (κ2) is 20.2. The largest absolute Gasteiger partial charge is 0.511 e. The molecular weight excluding hydrogens is 790 g/mol. The topological polar surface area (TPSA) is 197 Å². The van der Waals surface area contributed by atoms with E-state index in [4.69, 9.17) is 19.9 Å². The van der Waals surface area contributed by atoms with Gasteiger partial charge in [0, 0.05) is 29.3 Å². The number of anilines is 1. The summed E-state index contributed by atoms with van der Waals surface area (Å²) in [4.78, 5) is 61.5. The second-order valence-electron chi connectivity index (χ2n) is 13.5. The van der Waals surface area contributed by atoms with Crippen LogP contribution in [0.15, 0.2) is 21.8 Å². The first kappa shape index (κ1) is 42.9. The predicted octanol–water partition coefficient (Wildman–Crippen LogP) is 4.04. The number of nitrogens with zero attached hydrogens (tertiary/aromatic N) is 7. The van der Waals surface area contributed by atoms with Crippen molar-refractivity contribution in [3.8, 4) is 0 Å². The number of rotatable bonds is 14. The van der Waals surface area contributed by atoms with Crippen molar-refractivity contribution in [1.82, 2.24) is 40.3 Å². The van der Waals surface area contributed by atoms with Gasteiger partial charge in [-0.15, -0.1) is 53.0 Å². The van der Waals surface area contributed by atoms with Gasteiger partial charge < -0.3 is 30.2 Å². The van der Waals surface area contributed by atoms with E-state index in [2.05, 4.69) is 25.8 Å². The van der Waals surface area contributed by atoms with Gasteiger partial charge in [0.2, 0.25) is 11.1 Å². The highest BCUT2D eigenvalue weighted by atomic mass is 35.5. The molecule has 1 unspecified atom stereocenters. The molecule has 3 fully saturated rings. The molecule has 2 aromatic rings. The Kier molecular flexibility index (Phi) is 16.3. The molecule has 16 nitrogen and oxygen atoms in total. The number of nitrogens with two attached hydrogens (primary N) is 1. The predicted molar refractivity (Wildman–Crippen MR) is 205 cm³/mol. The Bertz CT molecular complexity index is 1600. The molecule has 2 aromatic heterocycles. The standard InChI is InChI=1S/C32H45N9O7S3.2ClH/c1-39(2)13-14-40-31(36-37-38-40)51-17-20-16-49-27-24(35-23(42)15-21-18-50-30(33)34-21)26(43)41(27)25(20)28(44)47-29(19-9-5-3-6-10-19)48-32(45)46-22-11-7-4-8-12-22;;/h18-19,22,24,27,29H,3-17H2,1-2H3,(H2,33,34)(H,35,42);2*1H/t24-,27-,29?;;/m1../s1. The van der Waals surface area contributed by atoms with Crippen LogP contribution in [0.5, 0.6) is 0 Å². The molecule has 4 heterocycles. The van der Waals surface area contributed by atoms with Gasteiger partial charge in [0.05, 0.1) is 18.7 Å². The van der Waals surface area contributed by atoms with E-state index >= 15 is 0 Å². The van der Waals surface area contributed by atoms with Crippen LogP contribution in [0.1, 0.15) is 69.9 Å². The number of fused-ring (bicyclic) bond motifs is 1. The van der Waals surface area contributed by atoms with Crippen LogP contribution in [0.3, 0.4) is 0 Å². The first-order valence-corrected chi connectivity index (χ1v) is 20.4. The number of thiazole rings is 1. The summed E-state index contributed by atoms with van der Waals surface area (Å²) in [5.74, 6) is -1.08. The van der Waals surface area contributed by atoms with Crippen molar-refractivity contribution in [2.75, 3.05) is 37.9 Å². The molecule has 2 amide bonds. The molecule has 0 bridgehead atoms. The fourth-order valence-electron chi connectivity index (χ4n) is 6.69. The van der Waals surface area contributed by atoms with E-state index in [0.717, 1.165) is 70.8 Å². The van der Waals surface area contributed by atoms with E-state index < -0.39 is 35.7 Å². The van der Waals surface area contributed by atoms with Crippen LogP contribution in [0, 0.1) is 5.92 Å². The number of aromatic nitrogens is 5. The van der Waals surface area contributed by atoms with Crippen molar-refractivity contribution in [3.05, 3.63) is 22.3 Å². The summed E-state index contributed by atoms with van der Waals surface area (Å²) >= 11 is 4.04. The Hall–Kier alpha value is -2.84. The summed E-state index contributed by atoms with van der Waals surface area (Å²) in [5.41, 5.74) is 6.97. The van der Waals surface area contributed by atoms with Gasteiger partial charge in [0.15, 0.2) is 5.13 Å². The van der Waals surface area contributed by atoms with E-state index in [0.29, 0.717) is 39.6 Å². The lowest BCUT2D eigenvalue weighted by atomic mass is 9.89. The van der Waals surface area contributed by atoms with Gasteiger partial charge in [-0.2, -0.15) is 0 Å². The Balaban J connectivity index is 0.00000314. The SMILES string of the molecule is CN(C)CCn1nnnc1SCC1=C(C(=O)OC(OC(=O)OC2CCCCC2)C2CCCCC2)N2C(=O)[C@@H](NC(=O)Cc3csc(N)n3)[C@H]2SC1.Cl.Cl.